The van der Waals surface area contributed by atoms with Crippen molar-refractivity contribution in [2.75, 3.05) is 13.2 Å². The first-order valence-electron chi connectivity index (χ1n) is 5.29. The summed E-state index contributed by atoms with van der Waals surface area (Å²) in [6.07, 6.45) is 5.34. The molecule has 1 atom stereocenters. The Morgan fingerprint density at radius 2 is 2.31 bits per heavy atom. The maximum atomic E-state index is 11.5. The van der Waals surface area contributed by atoms with Gasteiger partial charge in [0.1, 0.15) is 0 Å². The topological polar surface area (TPSA) is 32.3 Å². The van der Waals surface area contributed by atoms with Gasteiger partial charge in [0.2, 0.25) is 5.91 Å². The van der Waals surface area contributed by atoms with Gasteiger partial charge in [0.05, 0.1) is 12.7 Å². The van der Waals surface area contributed by atoms with Crippen LogP contribution >= 0.6 is 0 Å². The van der Waals surface area contributed by atoms with E-state index in [0.29, 0.717) is 0 Å². The van der Waals surface area contributed by atoms with Gasteiger partial charge in [-0.15, -0.1) is 0 Å². The fraction of sp³-hybridized carbons (Fsp3) is 0.900. The summed E-state index contributed by atoms with van der Waals surface area (Å²) in [5.74, 6) is 1.26. The molecule has 1 saturated carbocycles. The van der Waals surface area contributed by atoms with Gasteiger partial charge in [0.15, 0.2) is 0 Å². The van der Waals surface area contributed by atoms with Crippen molar-refractivity contribution < 1.29 is 4.79 Å². The monoisotopic (exact) mass is 182 g/mol. The third-order valence-electron chi connectivity index (χ3n) is 3.01. The second-order valence-corrected chi connectivity index (χ2v) is 4.27. The van der Waals surface area contributed by atoms with Gasteiger partial charge in [-0.2, -0.15) is 0 Å². The molecule has 0 aromatic rings. The summed E-state index contributed by atoms with van der Waals surface area (Å²) in [7, 11) is 0. The molecule has 0 aromatic heterocycles. The van der Waals surface area contributed by atoms with Crippen molar-refractivity contribution in [3.63, 3.8) is 0 Å². The smallest absolute Gasteiger partial charge is 0.240 e. The highest BCUT2D eigenvalue weighted by molar-refractivity contribution is 5.83. The van der Waals surface area contributed by atoms with Crippen LogP contribution in [0.2, 0.25) is 0 Å². The largest absolute Gasteiger partial charge is 0.329 e. The summed E-state index contributed by atoms with van der Waals surface area (Å²) in [6, 6.07) is 0.0425. The van der Waals surface area contributed by atoms with E-state index in [1.54, 1.807) is 0 Å². The zero-order chi connectivity index (χ0) is 9.26. The minimum atomic E-state index is 0.0425. The fourth-order valence-corrected chi connectivity index (χ4v) is 1.85. The summed E-state index contributed by atoms with van der Waals surface area (Å²) in [5, 5.41) is 3.15. The van der Waals surface area contributed by atoms with Crippen LogP contribution in [0.4, 0.5) is 0 Å². The van der Waals surface area contributed by atoms with Gasteiger partial charge in [-0.1, -0.05) is 12.8 Å². The SMILES string of the molecule is CC1NCN(CCCC2CC2)C1=O. The van der Waals surface area contributed by atoms with Crippen molar-refractivity contribution in [1.82, 2.24) is 10.2 Å². The number of rotatable bonds is 4. The molecule has 2 fully saturated rings. The van der Waals surface area contributed by atoms with Gasteiger partial charge < -0.3 is 4.90 Å². The molecular weight excluding hydrogens is 164 g/mol. The highest BCUT2D eigenvalue weighted by Crippen LogP contribution is 2.33. The second kappa shape index (κ2) is 3.66. The molecule has 1 N–H and O–H groups in total. The van der Waals surface area contributed by atoms with Gasteiger partial charge in [-0.3, -0.25) is 10.1 Å². The normalized spacial score (nSPS) is 28.5. The molecule has 1 amide bonds. The van der Waals surface area contributed by atoms with Crippen molar-refractivity contribution in [1.29, 1.82) is 0 Å². The van der Waals surface area contributed by atoms with E-state index in [4.69, 9.17) is 0 Å². The third kappa shape index (κ3) is 2.21. The van der Waals surface area contributed by atoms with Crippen molar-refractivity contribution in [3.8, 4) is 0 Å². The minimum absolute atomic E-state index is 0.0425. The summed E-state index contributed by atoms with van der Waals surface area (Å²) in [5.41, 5.74) is 0. The number of nitrogens with zero attached hydrogens (tertiary/aromatic N) is 1. The summed E-state index contributed by atoms with van der Waals surface area (Å²) in [6.45, 7) is 3.64. The molecule has 74 valence electrons. The van der Waals surface area contributed by atoms with Crippen LogP contribution in [0.1, 0.15) is 32.6 Å². The molecule has 1 aliphatic heterocycles. The molecule has 2 rings (SSSR count). The first-order valence-corrected chi connectivity index (χ1v) is 5.29. The van der Waals surface area contributed by atoms with Crippen molar-refractivity contribution >= 4 is 5.91 Å². The summed E-state index contributed by atoms with van der Waals surface area (Å²) >= 11 is 0. The van der Waals surface area contributed by atoms with Crippen molar-refractivity contribution in [2.45, 2.75) is 38.6 Å². The lowest BCUT2D eigenvalue weighted by atomic mass is 10.2. The van der Waals surface area contributed by atoms with Crippen LogP contribution in [0, 0.1) is 5.92 Å². The molecule has 0 aromatic carbocycles. The quantitative estimate of drug-likeness (QED) is 0.702. The average molecular weight is 182 g/mol. The number of carbonyl (C=O) groups excluding carboxylic acids is 1. The van der Waals surface area contributed by atoms with Crippen LogP contribution in [0.5, 0.6) is 0 Å². The third-order valence-corrected chi connectivity index (χ3v) is 3.01. The lowest BCUT2D eigenvalue weighted by molar-refractivity contribution is -0.128. The number of carbonyl (C=O) groups is 1. The zero-order valence-electron chi connectivity index (χ0n) is 8.25. The van der Waals surface area contributed by atoms with Crippen molar-refractivity contribution in [2.24, 2.45) is 5.92 Å². The van der Waals surface area contributed by atoms with Crippen LogP contribution in [0.15, 0.2) is 0 Å². The lowest BCUT2D eigenvalue weighted by Gasteiger charge is -2.14. The molecule has 0 spiro atoms. The molecule has 0 bridgehead atoms. The van der Waals surface area contributed by atoms with Gasteiger partial charge in [0, 0.05) is 6.54 Å². The molecule has 1 saturated heterocycles. The average Bonchev–Trinajstić information content (AvgIpc) is 2.88. The van der Waals surface area contributed by atoms with E-state index < -0.39 is 0 Å². The van der Waals surface area contributed by atoms with Gasteiger partial charge >= 0.3 is 0 Å². The van der Waals surface area contributed by atoms with Crippen LogP contribution in [0.3, 0.4) is 0 Å². The summed E-state index contributed by atoms with van der Waals surface area (Å²) in [4.78, 5) is 13.4. The summed E-state index contributed by atoms with van der Waals surface area (Å²) < 4.78 is 0. The Bertz CT molecular complexity index is 201. The standard InChI is InChI=1S/C10H18N2O/c1-8-10(13)12(7-11-8)6-2-3-9-4-5-9/h8-9,11H,2-7H2,1H3. The highest BCUT2D eigenvalue weighted by atomic mass is 16.2. The molecule has 2 aliphatic rings. The van der Waals surface area contributed by atoms with Gasteiger partial charge in [0.25, 0.3) is 0 Å². The van der Waals surface area contributed by atoms with Crippen LogP contribution in [-0.2, 0) is 4.79 Å². The second-order valence-electron chi connectivity index (χ2n) is 4.27. The molecular formula is C10H18N2O. The lowest BCUT2D eigenvalue weighted by Crippen LogP contribution is -2.29. The molecule has 3 heteroatoms. The van der Waals surface area contributed by atoms with E-state index in [-0.39, 0.29) is 11.9 Å². The molecule has 1 unspecified atom stereocenters. The number of hydrogen-bond acceptors (Lipinski definition) is 2. The Balaban J connectivity index is 1.66. The first kappa shape index (κ1) is 9.00. The van der Waals surface area contributed by atoms with Crippen LogP contribution in [-0.4, -0.2) is 30.1 Å². The Morgan fingerprint density at radius 3 is 2.85 bits per heavy atom. The maximum absolute atomic E-state index is 11.5. The maximum Gasteiger partial charge on any atom is 0.240 e. The predicted molar refractivity (Wildman–Crippen MR) is 51.1 cm³/mol. The first-order chi connectivity index (χ1) is 6.27. The van der Waals surface area contributed by atoms with Crippen molar-refractivity contribution in [3.05, 3.63) is 0 Å². The van der Waals surface area contributed by atoms with E-state index in [0.717, 1.165) is 19.1 Å². The molecule has 0 radical (unpaired) electrons. The number of nitrogens with one attached hydrogen (secondary N) is 1. The Morgan fingerprint density at radius 1 is 1.54 bits per heavy atom. The molecule has 1 heterocycles. The Hall–Kier alpha value is -0.570. The Labute approximate surface area is 79.5 Å². The van der Waals surface area contributed by atoms with E-state index in [9.17, 15) is 4.79 Å². The number of amides is 1. The Kier molecular flexibility index (Phi) is 2.54. The van der Waals surface area contributed by atoms with E-state index in [1.165, 1.54) is 25.7 Å². The van der Waals surface area contributed by atoms with E-state index in [2.05, 4.69) is 5.32 Å². The predicted octanol–water partition coefficient (Wildman–Crippen LogP) is 0.954. The minimum Gasteiger partial charge on any atom is -0.329 e. The number of hydrogen-bond donors (Lipinski definition) is 1. The zero-order valence-corrected chi connectivity index (χ0v) is 8.25. The van der Waals surface area contributed by atoms with Crippen LogP contribution in [0.25, 0.3) is 0 Å². The molecule has 1 aliphatic carbocycles. The highest BCUT2D eigenvalue weighted by Gasteiger charge is 2.27. The van der Waals surface area contributed by atoms with E-state index in [1.807, 2.05) is 11.8 Å². The fourth-order valence-electron chi connectivity index (χ4n) is 1.85. The van der Waals surface area contributed by atoms with Crippen LogP contribution < -0.4 is 5.32 Å². The molecule has 3 nitrogen and oxygen atoms in total. The van der Waals surface area contributed by atoms with E-state index >= 15 is 0 Å². The van der Waals surface area contributed by atoms with Gasteiger partial charge in [-0.05, 0) is 25.7 Å². The van der Waals surface area contributed by atoms with Gasteiger partial charge in [-0.25, -0.2) is 0 Å². The molecule has 13 heavy (non-hydrogen) atoms.